The first kappa shape index (κ1) is 20.5. The van der Waals surface area contributed by atoms with Crippen LogP contribution in [-0.2, 0) is 9.59 Å². The normalized spacial score (nSPS) is 15.9. The Morgan fingerprint density at radius 1 is 1.09 bits per heavy atom. The van der Waals surface area contributed by atoms with E-state index < -0.39 is 24.3 Å². The van der Waals surface area contributed by atoms with E-state index >= 15 is 0 Å². The Morgan fingerprint density at radius 3 is 1.87 bits per heavy atom. The molecule has 0 amide bonds. The number of carbonyl (C=O) groups is 2. The summed E-state index contributed by atoms with van der Waals surface area (Å²) in [5, 5.41) is 14.2. The number of carboxylic acid groups (broad SMARTS) is 2. The minimum atomic E-state index is -5.08. The van der Waals surface area contributed by atoms with Crippen LogP contribution in [-0.4, -0.2) is 58.8 Å². The van der Waals surface area contributed by atoms with E-state index in [1.165, 1.54) is 0 Å². The summed E-state index contributed by atoms with van der Waals surface area (Å²) in [6.07, 6.45) is -6.47. The van der Waals surface area contributed by atoms with Gasteiger partial charge >= 0.3 is 24.3 Å². The molecule has 0 aromatic rings. The van der Waals surface area contributed by atoms with Crippen LogP contribution in [0.15, 0.2) is 17.0 Å². The Kier molecular flexibility index (Phi) is 7.31. The largest absolute Gasteiger partial charge is 0.490 e. The zero-order chi connectivity index (χ0) is 18.3. The third-order valence-corrected chi connectivity index (χ3v) is 1.92. The fourth-order valence-corrected chi connectivity index (χ4v) is 0.936. The van der Waals surface area contributed by atoms with Gasteiger partial charge < -0.3 is 20.5 Å². The summed E-state index contributed by atoms with van der Waals surface area (Å²) in [7, 11) is 0. The van der Waals surface area contributed by atoms with Crippen LogP contribution in [0.25, 0.3) is 0 Å². The maximum absolute atomic E-state index is 10.6. The highest BCUT2D eigenvalue weighted by Crippen LogP contribution is 2.13. The summed E-state index contributed by atoms with van der Waals surface area (Å²) in [5.74, 6) is -4.45. The molecule has 132 valence electrons. The van der Waals surface area contributed by atoms with E-state index in [2.05, 4.69) is 20.7 Å². The molecule has 1 fully saturated rings. The van der Waals surface area contributed by atoms with E-state index in [-0.39, 0.29) is 0 Å². The summed E-state index contributed by atoms with van der Waals surface area (Å²) in [6, 6.07) is 0. The van der Waals surface area contributed by atoms with Crippen LogP contribution in [0.1, 0.15) is 0 Å². The molecule has 0 radical (unpaired) electrons. The van der Waals surface area contributed by atoms with Crippen molar-refractivity contribution in [1.82, 2.24) is 15.8 Å². The molecule has 14 heteroatoms. The number of carboxylic acids is 2. The van der Waals surface area contributed by atoms with Gasteiger partial charge in [-0.05, 0) is 0 Å². The Labute approximate surface area is 124 Å². The van der Waals surface area contributed by atoms with Gasteiger partial charge in [0.25, 0.3) is 0 Å². The summed E-state index contributed by atoms with van der Waals surface area (Å²) in [6.45, 7) is 1.78. The predicted octanol–water partition coefficient (Wildman–Crippen LogP) is 0.504. The van der Waals surface area contributed by atoms with Gasteiger partial charge in [-0.3, -0.25) is 4.99 Å². The number of hydrogen-bond donors (Lipinski definition) is 4. The van der Waals surface area contributed by atoms with Gasteiger partial charge in [-0.15, -0.1) is 0 Å². The highest BCUT2D eigenvalue weighted by molar-refractivity contribution is 5.73. The fraction of sp³-hybridized carbons (Fsp3) is 0.444. The zero-order valence-corrected chi connectivity index (χ0v) is 10.9. The molecule has 1 saturated heterocycles. The van der Waals surface area contributed by atoms with Crippen LogP contribution in [0.2, 0.25) is 0 Å². The average molecular weight is 352 g/mol. The lowest BCUT2D eigenvalue weighted by atomic mass is 10.5. The minimum Gasteiger partial charge on any atom is -0.475 e. The van der Waals surface area contributed by atoms with Gasteiger partial charge in [-0.25, -0.2) is 15.0 Å². The predicted molar refractivity (Wildman–Crippen MR) is 61.8 cm³/mol. The van der Waals surface area contributed by atoms with Crippen LogP contribution in [0.5, 0.6) is 0 Å². The molecular formula is C9H10F6N4O4. The first-order valence-corrected chi connectivity index (χ1v) is 5.41. The Morgan fingerprint density at radius 2 is 1.52 bits per heavy atom. The molecule has 8 nitrogen and oxygen atoms in total. The van der Waals surface area contributed by atoms with Gasteiger partial charge in [0.05, 0.1) is 19.4 Å². The molecule has 0 aliphatic carbocycles. The van der Waals surface area contributed by atoms with Gasteiger partial charge in [-0.2, -0.15) is 26.3 Å². The molecular weight excluding hydrogens is 342 g/mol. The van der Waals surface area contributed by atoms with Crippen molar-refractivity contribution in [2.75, 3.05) is 13.2 Å². The van der Waals surface area contributed by atoms with Crippen molar-refractivity contribution in [3.63, 3.8) is 0 Å². The third kappa shape index (κ3) is 8.50. The third-order valence-electron chi connectivity index (χ3n) is 1.92. The molecule has 2 aliphatic heterocycles. The molecule has 0 aromatic heterocycles. The Balaban J connectivity index is 0.000000322. The molecule has 4 N–H and O–H groups in total. The minimum absolute atomic E-state index is 0.873. The number of aliphatic imine (C=N–C) groups is 1. The Bertz CT molecular complexity index is 463. The van der Waals surface area contributed by atoms with Crippen molar-refractivity contribution in [3.05, 3.63) is 12.0 Å². The van der Waals surface area contributed by atoms with Crippen molar-refractivity contribution >= 4 is 18.2 Å². The summed E-state index contributed by atoms with van der Waals surface area (Å²) in [5.41, 5.74) is 5.97. The SMILES string of the molecule is C1=NC=C2NNCN2C1.O=C(O)C(F)(F)F.O=C(O)C(F)(F)F. The van der Waals surface area contributed by atoms with E-state index in [0.717, 1.165) is 19.0 Å². The maximum Gasteiger partial charge on any atom is 0.490 e. The van der Waals surface area contributed by atoms with Crippen LogP contribution in [0, 0.1) is 0 Å². The zero-order valence-electron chi connectivity index (χ0n) is 10.9. The average Bonchev–Trinajstić information content (AvgIpc) is 2.86. The van der Waals surface area contributed by atoms with Crippen molar-refractivity contribution in [1.29, 1.82) is 0 Å². The number of alkyl halides is 6. The molecule has 2 rings (SSSR count). The lowest BCUT2D eigenvalue weighted by Gasteiger charge is -2.15. The number of nitrogens with zero attached hydrogens (tertiary/aromatic N) is 2. The van der Waals surface area contributed by atoms with Crippen LogP contribution >= 0.6 is 0 Å². The van der Waals surface area contributed by atoms with Crippen LogP contribution in [0.4, 0.5) is 26.3 Å². The van der Waals surface area contributed by atoms with Crippen molar-refractivity contribution in [2.24, 2.45) is 4.99 Å². The number of fused-ring (bicyclic) bond motifs is 1. The standard InChI is InChI=1S/C5H8N4.2C2HF3O2/c1-2-9-4-7-8-5(9)3-6-1;2*3-2(4,5)1(6)7/h1,3,7-8H,2,4H2;2*(H,6,7). The molecule has 0 bridgehead atoms. The fourth-order valence-electron chi connectivity index (χ4n) is 0.936. The van der Waals surface area contributed by atoms with E-state index in [9.17, 15) is 26.3 Å². The summed E-state index contributed by atoms with van der Waals surface area (Å²) >= 11 is 0. The number of hydrazine groups is 1. The highest BCUT2D eigenvalue weighted by atomic mass is 19.4. The Hall–Kier alpha value is -2.51. The van der Waals surface area contributed by atoms with E-state index in [0.29, 0.717) is 0 Å². The van der Waals surface area contributed by atoms with Gasteiger partial charge in [-0.1, -0.05) is 0 Å². The number of halogens is 6. The number of aliphatic carboxylic acids is 2. The molecule has 2 heterocycles. The number of hydrogen-bond acceptors (Lipinski definition) is 6. The van der Waals surface area contributed by atoms with Crippen LogP contribution in [0.3, 0.4) is 0 Å². The first-order chi connectivity index (χ1) is 10.4. The smallest absolute Gasteiger partial charge is 0.475 e. The molecule has 0 aromatic carbocycles. The maximum atomic E-state index is 10.6. The van der Waals surface area contributed by atoms with E-state index in [4.69, 9.17) is 19.8 Å². The number of rotatable bonds is 0. The molecule has 0 spiro atoms. The van der Waals surface area contributed by atoms with Crippen molar-refractivity contribution in [3.8, 4) is 0 Å². The monoisotopic (exact) mass is 352 g/mol. The van der Waals surface area contributed by atoms with Gasteiger partial charge in [0.2, 0.25) is 0 Å². The second-order valence-corrected chi connectivity index (χ2v) is 3.63. The second kappa shape index (κ2) is 8.21. The second-order valence-electron chi connectivity index (χ2n) is 3.63. The molecule has 0 unspecified atom stereocenters. The first-order valence-electron chi connectivity index (χ1n) is 5.41. The van der Waals surface area contributed by atoms with Crippen molar-refractivity contribution < 1.29 is 46.1 Å². The van der Waals surface area contributed by atoms with E-state index in [1.54, 1.807) is 0 Å². The van der Waals surface area contributed by atoms with Crippen LogP contribution < -0.4 is 10.9 Å². The topological polar surface area (TPSA) is 114 Å². The lowest BCUT2D eigenvalue weighted by molar-refractivity contribution is -0.193. The van der Waals surface area contributed by atoms with Gasteiger partial charge in [0.1, 0.15) is 5.82 Å². The molecule has 23 heavy (non-hydrogen) atoms. The quantitative estimate of drug-likeness (QED) is 0.470. The van der Waals surface area contributed by atoms with Gasteiger partial charge in [0.15, 0.2) is 0 Å². The summed E-state index contributed by atoms with van der Waals surface area (Å²) < 4.78 is 63.5. The van der Waals surface area contributed by atoms with Crippen molar-refractivity contribution in [2.45, 2.75) is 12.4 Å². The molecule has 0 atom stereocenters. The lowest BCUT2D eigenvalue weighted by Crippen LogP contribution is -2.24. The van der Waals surface area contributed by atoms with Gasteiger partial charge in [0, 0.05) is 6.21 Å². The molecule has 2 aliphatic rings. The molecule has 0 saturated carbocycles. The van der Waals surface area contributed by atoms with E-state index in [1.807, 2.05) is 12.4 Å². The number of nitrogens with one attached hydrogen (secondary N) is 2. The summed E-state index contributed by atoms with van der Waals surface area (Å²) in [4.78, 5) is 23.9. The highest BCUT2D eigenvalue weighted by Gasteiger charge is 2.38.